The fourth-order valence-electron chi connectivity index (χ4n) is 2.41. The fraction of sp³-hybridized carbons (Fsp3) is 0.167. The highest BCUT2D eigenvalue weighted by Crippen LogP contribution is 2.27. The molecule has 0 saturated carbocycles. The molecule has 0 heterocycles. The van der Waals surface area contributed by atoms with Gasteiger partial charge in [-0.3, -0.25) is 10.1 Å². The van der Waals surface area contributed by atoms with Crippen LogP contribution >= 0.6 is 0 Å². The molecule has 2 N–H and O–H groups in total. The Morgan fingerprint density at radius 2 is 1.83 bits per heavy atom. The summed E-state index contributed by atoms with van der Waals surface area (Å²) < 4.78 is 0. The van der Waals surface area contributed by atoms with Gasteiger partial charge in [-0.1, -0.05) is 35.9 Å². The number of anilines is 1. The van der Waals surface area contributed by atoms with Gasteiger partial charge in [0, 0.05) is 23.9 Å². The average Bonchev–Trinajstić information content (AvgIpc) is 2.54. The van der Waals surface area contributed by atoms with E-state index in [0.29, 0.717) is 12.0 Å². The van der Waals surface area contributed by atoms with E-state index >= 15 is 0 Å². The molecule has 0 fully saturated rings. The number of carboxylic acid groups (broad SMARTS) is 1. The van der Waals surface area contributed by atoms with E-state index in [2.05, 4.69) is 5.32 Å². The maximum absolute atomic E-state index is 10.8. The van der Waals surface area contributed by atoms with Gasteiger partial charge in [0.05, 0.1) is 11.0 Å². The van der Waals surface area contributed by atoms with Crippen molar-refractivity contribution >= 4 is 17.3 Å². The van der Waals surface area contributed by atoms with Crippen molar-refractivity contribution in [1.82, 2.24) is 0 Å². The minimum absolute atomic E-state index is 0.0232. The first-order valence-corrected chi connectivity index (χ1v) is 7.42. The molecule has 0 aliphatic rings. The third-order valence-electron chi connectivity index (χ3n) is 3.52. The number of benzene rings is 2. The lowest BCUT2D eigenvalue weighted by Gasteiger charge is -2.21. The summed E-state index contributed by atoms with van der Waals surface area (Å²) in [4.78, 5) is 21.2. The first kappa shape index (κ1) is 17.2. The Morgan fingerprint density at radius 1 is 1.21 bits per heavy atom. The highest BCUT2D eigenvalue weighted by molar-refractivity contribution is 5.80. The van der Waals surface area contributed by atoms with Crippen LogP contribution in [0.1, 0.15) is 24.9 Å². The van der Waals surface area contributed by atoms with Crippen LogP contribution in [0, 0.1) is 10.1 Å². The second-order valence-electron chi connectivity index (χ2n) is 5.44. The van der Waals surface area contributed by atoms with E-state index in [1.54, 1.807) is 19.1 Å². The molecule has 6 heteroatoms. The van der Waals surface area contributed by atoms with E-state index in [4.69, 9.17) is 5.11 Å². The normalized spacial score (nSPS) is 12.5. The molecule has 0 amide bonds. The zero-order chi connectivity index (χ0) is 17.5. The Kier molecular flexibility index (Phi) is 5.68. The Labute approximate surface area is 139 Å². The van der Waals surface area contributed by atoms with Crippen molar-refractivity contribution in [2.24, 2.45) is 0 Å². The molecule has 0 bridgehead atoms. The van der Waals surface area contributed by atoms with Crippen molar-refractivity contribution in [2.75, 3.05) is 5.32 Å². The second-order valence-corrected chi connectivity index (χ2v) is 5.44. The maximum Gasteiger partial charge on any atom is 0.328 e. The van der Waals surface area contributed by atoms with Crippen molar-refractivity contribution in [3.63, 3.8) is 0 Å². The predicted octanol–water partition coefficient (Wildman–Crippen LogP) is 4.17. The number of para-hydroxylation sites is 1. The Hall–Kier alpha value is -3.15. The minimum atomic E-state index is -0.991. The van der Waals surface area contributed by atoms with Crippen molar-refractivity contribution in [2.45, 2.75) is 19.4 Å². The van der Waals surface area contributed by atoms with Gasteiger partial charge in [-0.2, -0.15) is 0 Å². The molecule has 1 atom stereocenters. The van der Waals surface area contributed by atoms with Gasteiger partial charge in [0.1, 0.15) is 0 Å². The van der Waals surface area contributed by atoms with Crippen LogP contribution in [-0.4, -0.2) is 16.0 Å². The van der Waals surface area contributed by atoms with Crippen molar-refractivity contribution < 1.29 is 14.8 Å². The fourth-order valence-corrected chi connectivity index (χ4v) is 2.41. The standard InChI is InChI=1S/C18H18N2O4/c1-13(12-18(21)22)11-17(19-15-5-3-2-4-6-15)14-7-9-16(10-8-14)20(23)24/h2-10,12,17,19H,11H2,1H3,(H,21,22)/b13-12+. The monoisotopic (exact) mass is 326 g/mol. The molecule has 6 nitrogen and oxygen atoms in total. The molecule has 0 saturated heterocycles. The molecule has 2 aromatic rings. The van der Waals surface area contributed by atoms with Crippen LogP contribution in [0.4, 0.5) is 11.4 Å². The van der Waals surface area contributed by atoms with E-state index in [-0.39, 0.29) is 11.7 Å². The van der Waals surface area contributed by atoms with Gasteiger partial charge in [0.15, 0.2) is 0 Å². The third-order valence-corrected chi connectivity index (χ3v) is 3.52. The van der Waals surface area contributed by atoms with Crippen molar-refractivity contribution in [3.8, 4) is 0 Å². The van der Waals surface area contributed by atoms with Crippen LogP contribution in [0.5, 0.6) is 0 Å². The summed E-state index contributed by atoms with van der Waals surface area (Å²) in [5.74, 6) is -0.991. The summed E-state index contributed by atoms with van der Waals surface area (Å²) in [5, 5.41) is 23.0. The molecule has 0 aliphatic heterocycles. The van der Waals surface area contributed by atoms with E-state index in [1.807, 2.05) is 30.3 Å². The van der Waals surface area contributed by atoms with E-state index < -0.39 is 10.9 Å². The molecule has 1 unspecified atom stereocenters. The molecule has 24 heavy (non-hydrogen) atoms. The minimum Gasteiger partial charge on any atom is -0.478 e. The molecule has 2 rings (SSSR count). The van der Waals surface area contributed by atoms with Gasteiger partial charge in [-0.05, 0) is 31.0 Å². The van der Waals surface area contributed by atoms with Gasteiger partial charge in [0.2, 0.25) is 0 Å². The molecule has 0 spiro atoms. The molecule has 124 valence electrons. The van der Waals surface area contributed by atoms with Gasteiger partial charge in [-0.25, -0.2) is 4.79 Å². The third kappa shape index (κ3) is 4.95. The highest BCUT2D eigenvalue weighted by atomic mass is 16.6. The maximum atomic E-state index is 10.8. The summed E-state index contributed by atoms with van der Waals surface area (Å²) in [7, 11) is 0. The summed E-state index contributed by atoms with van der Waals surface area (Å²) >= 11 is 0. The van der Waals surface area contributed by atoms with Crippen LogP contribution in [0.2, 0.25) is 0 Å². The number of rotatable bonds is 7. The summed E-state index contributed by atoms with van der Waals surface area (Å²) in [5.41, 5.74) is 2.47. The lowest BCUT2D eigenvalue weighted by atomic mass is 9.98. The van der Waals surface area contributed by atoms with Crippen LogP contribution in [0.3, 0.4) is 0 Å². The number of carboxylic acids is 1. The number of nitro benzene ring substituents is 1. The summed E-state index contributed by atoms with van der Waals surface area (Å²) in [6.07, 6.45) is 1.64. The van der Waals surface area contributed by atoms with Crippen LogP contribution in [0.25, 0.3) is 0 Å². The zero-order valence-electron chi connectivity index (χ0n) is 13.2. The van der Waals surface area contributed by atoms with Gasteiger partial charge in [0.25, 0.3) is 5.69 Å². The number of hydrogen-bond donors (Lipinski definition) is 2. The Morgan fingerprint density at radius 3 is 2.38 bits per heavy atom. The quantitative estimate of drug-likeness (QED) is 0.452. The lowest BCUT2D eigenvalue weighted by Crippen LogP contribution is -2.12. The Balaban J connectivity index is 2.27. The molecule has 2 aromatic carbocycles. The topological polar surface area (TPSA) is 92.5 Å². The number of nitrogens with one attached hydrogen (secondary N) is 1. The molecular formula is C18H18N2O4. The zero-order valence-corrected chi connectivity index (χ0v) is 13.2. The molecule has 0 aliphatic carbocycles. The number of nitro groups is 1. The first-order valence-electron chi connectivity index (χ1n) is 7.42. The molecule has 0 radical (unpaired) electrons. The van der Waals surface area contributed by atoms with Crippen LogP contribution in [-0.2, 0) is 4.79 Å². The van der Waals surface area contributed by atoms with Crippen LogP contribution in [0.15, 0.2) is 66.2 Å². The first-order chi connectivity index (χ1) is 11.5. The van der Waals surface area contributed by atoms with E-state index in [9.17, 15) is 14.9 Å². The molecule has 0 aromatic heterocycles. The number of nitrogens with zero attached hydrogens (tertiary/aromatic N) is 1. The Bertz CT molecular complexity index is 739. The van der Waals surface area contributed by atoms with Gasteiger partial charge in [-0.15, -0.1) is 0 Å². The molecular weight excluding hydrogens is 308 g/mol. The number of non-ortho nitro benzene ring substituents is 1. The number of hydrogen-bond acceptors (Lipinski definition) is 4. The van der Waals surface area contributed by atoms with Crippen LogP contribution < -0.4 is 5.32 Å². The SMILES string of the molecule is C/C(=C\C(=O)O)CC(Nc1ccccc1)c1ccc([N+](=O)[O-])cc1. The van der Waals surface area contributed by atoms with E-state index in [1.165, 1.54) is 18.2 Å². The highest BCUT2D eigenvalue weighted by Gasteiger charge is 2.14. The van der Waals surface area contributed by atoms with Crippen molar-refractivity contribution in [1.29, 1.82) is 0 Å². The summed E-state index contributed by atoms with van der Waals surface area (Å²) in [6.45, 7) is 1.75. The predicted molar refractivity (Wildman–Crippen MR) is 91.9 cm³/mol. The largest absolute Gasteiger partial charge is 0.478 e. The van der Waals surface area contributed by atoms with Crippen molar-refractivity contribution in [3.05, 3.63) is 81.9 Å². The number of carbonyl (C=O) groups is 1. The van der Waals surface area contributed by atoms with Gasteiger partial charge < -0.3 is 10.4 Å². The van der Waals surface area contributed by atoms with E-state index in [0.717, 1.165) is 11.3 Å². The lowest BCUT2D eigenvalue weighted by molar-refractivity contribution is -0.384. The number of aliphatic carboxylic acids is 1. The van der Waals surface area contributed by atoms with Gasteiger partial charge >= 0.3 is 5.97 Å². The average molecular weight is 326 g/mol. The smallest absolute Gasteiger partial charge is 0.328 e. The second kappa shape index (κ2) is 7.92. The summed E-state index contributed by atoms with van der Waals surface area (Å²) in [6, 6.07) is 15.6.